The van der Waals surface area contributed by atoms with Gasteiger partial charge in [-0.05, 0) is 31.2 Å². The fourth-order valence-electron chi connectivity index (χ4n) is 2.39. The van der Waals surface area contributed by atoms with Gasteiger partial charge >= 0.3 is 6.09 Å². The van der Waals surface area contributed by atoms with Crippen LogP contribution in [0, 0.1) is 6.92 Å². The number of aliphatic hydroxyl groups excluding tert-OH is 1. The minimum Gasteiger partial charge on any atom is -0.410 e. The molecular weight excluding hydrogens is 344 g/mol. The van der Waals surface area contributed by atoms with E-state index >= 15 is 0 Å². The molecule has 3 rings (SSSR count). The molecule has 0 aliphatic heterocycles. The summed E-state index contributed by atoms with van der Waals surface area (Å²) in [4.78, 5) is 16.6. The number of hydrogen-bond acceptors (Lipinski definition) is 5. The van der Waals surface area contributed by atoms with Crippen LogP contribution in [0.3, 0.4) is 0 Å². The number of nitrogens with zero attached hydrogens (tertiary/aromatic N) is 3. The van der Waals surface area contributed by atoms with Crippen LogP contribution in [0.4, 0.5) is 10.6 Å². The summed E-state index contributed by atoms with van der Waals surface area (Å²) in [5.74, 6) is 0.868. The van der Waals surface area contributed by atoms with Gasteiger partial charge in [-0.15, -0.1) is 0 Å². The van der Waals surface area contributed by atoms with Gasteiger partial charge in [-0.3, -0.25) is 10.3 Å². The maximum Gasteiger partial charge on any atom is 0.418 e. The quantitative estimate of drug-likeness (QED) is 0.722. The van der Waals surface area contributed by atoms with Crippen LogP contribution in [0.1, 0.15) is 25.2 Å². The fraction of sp³-hybridized carbons (Fsp3) is 0.250. The Balaban J connectivity index is 1.92. The summed E-state index contributed by atoms with van der Waals surface area (Å²) in [7, 11) is 0. The zero-order chi connectivity index (χ0) is 19.4. The number of benzene rings is 1. The molecule has 1 amide bonds. The second-order valence-corrected chi connectivity index (χ2v) is 6.85. The lowest BCUT2D eigenvalue weighted by molar-refractivity contribution is 0.214. The monoisotopic (exact) mass is 366 g/mol. The van der Waals surface area contributed by atoms with Crippen LogP contribution in [-0.4, -0.2) is 32.6 Å². The summed E-state index contributed by atoms with van der Waals surface area (Å²) >= 11 is 0. The van der Waals surface area contributed by atoms with Crippen molar-refractivity contribution < 1.29 is 14.6 Å². The maximum atomic E-state index is 12.3. The first-order valence-electron chi connectivity index (χ1n) is 8.57. The highest BCUT2D eigenvalue weighted by atomic mass is 16.6. The smallest absolute Gasteiger partial charge is 0.410 e. The average Bonchev–Trinajstić information content (AvgIpc) is 3.07. The topological polar surface area (TPSA) is 89.3 Å². The number of carbonyl (C=O) groups is 1. The number of pyridine rings is 1. The first kappa shape index (κ1) is 18.6. The molecule has 0 aliphatic carbocycles. The summed E-state index contributed by atoms with van der Waals surface area (Å²) in [6, 6.07) is 14.2. The molecule has 3 aromatic rings. The number of nitrogens with one attached hydrogen (secondary N) is 1. The lowest BCUT2D eigenvalue weighted by atomic mass is 9.91. The number of amides is 1. The second-order valence-electron chi connectivity index (χ2n) is 6.85. The Morgan fingerprint density at radius 1 is 1.22 bits per heavy atom. The van der Waals surface area contributed by atoms with Crippen LogP contribution in [-0.2, 0) is 5.41 Å². The van der Waals surface area contributed by atoms with E-state index in [-0.39, 0.29) is 6.61 Å². The molecule has 7 nitrogen and oxygen atoms in total. The van der Waals surface area contributed by atoms with Crippen molar-refractivity contribution >= 4 is 11.9 Å². The molecule has 0 atom stereocenters. The van der Waals surface area contributed by atoms with E-state index in [0.29, 0.717) is 22.9 Å². The van der Waals surface area contributed by atoms with E-state index in [1.165, 1.54) is 0 Å². The molecule has 2 aromatic heterocycles. The molecule has 0 unspecified atom stereocenters. The highest BCUT2D eigenvalue weighted by Crippen LogP contribution is 2.26. The van der Waals surface area contributed by atoms with Gasteiger partial charge in [0.2, 0.25) is 0 Å². The Morgan fingerprint density at radius 3 is 2.59 bits per heavy atom. The van der Waals surface area contributed by atoms with Gasteiger partial charge in [0.05, 0.1) is 24.2 Å². The number of ether oxygens (including phenoxy) is 1. The molecule has 0 spiro atoms. The first-order chi connectivity index (χ1) is 12.9. The van der Waals surface area contributed by atoms with Gasteiger partial charge in [0, 0.05) is 17.2 Å². The molecule has 0 saturated carbocycles. The molecule has 2 heterocycles. The summed E-state index contributed by atoms with van der Waals surface area (Å²) in [5, 5.41) is 16.9. The van der Waals surface area contributed by atoms with Gasteiger partial charge in [0.1, 0.15) is 11.6 Å². The van der Waals surface area contributed by atoms with Crippen LogP contribution in [0.5, 0.6) is 5.75 Å². The third kappa shape index (κ3) is 4.32. The van der Waals surface area contributed by atoms with E-state index in [0.717, 1.165) is 5.69 Å². The van der Waals surface area contributed by atoms with Crippen molar-refractivity contribution in [1.29, 1.82) is 0 Å². The van der Waals surface area contributed by atoms with Crippen LogP contribution in [0.15, 0.2) is 54.7 Å². The minimum atomic E-state index is -0.629. The Labute approximate surface area is 157 Å². The number of aliphatic hydroxyl groups is 1. The molecule has 7 heteroatoms. The Morgan fingerprint density at radius 2 is 1.96 bits per heavy atom. The minimum absolute atomic E-state index is 0.0793. The number of aromatic nitrogens is 3. The lowest BCUT2D eigenvalue weighted by Gasteiger charge is -2.18. The first-order valence-corrected chi connectivity index (χ1v) is 8.57. The number of anilines is 1. The van der Waals surface area contributed by atoms with Gasteiger partial charge in [0.15, 0.2) is 0 Å². The number of hydrogen-bond donors (Lipinski definition) is 2. The summed E-state index contributed by atoms with van der Waals surface area (Å²) < 4.78 is 6.87. The van der Waals surface area contributed by atoms with Crippen LogP contribution >= 0.6 is 0 Å². The zero-order valence-corrected chi connectivity index (χ0v) is 15.5. The third-order valence-electron chi connectivity index (χ3n) is 4.12. The van der Waals surface area contributed by atoms with E-state index in [4.69, 9.17) is 4.74 Å². The summed E-state index contributed by atoms with van der Waals surface area (Å²) in [6.07, 6.45) is 1.04. The summed E-state index contributed by atoms with van der Waals surface area (Å²) in [5.41, 5.74) is 1.64. The van der Waals surface area contributed by atoms with Crippen molar-refractivity contribution in [3.05, 3.63) is 66.1 Å². The number of rotatable bonds is 5. The molecular formula is C20H22N4O3. The van der Waals surface area contributed by atoms with Crippen molar-refractivity contribution in [3.8, 4) is 11.4 Å². The van der Waals surface area contributed by atoms with Crippen LogP contribution < -0.4 is 10.1 Å². The van der Waals surface area contributed by atoms with Gasteiger partial charge in [0.25, 0.3) is 0 Å². The number of para-hydroxylation sites is 1. The van der Waals surface area contributed by atoms with Crippen molar-refractivity contribution in [2.75, 3.05) is 11.9 Å². The highest BCUT2D eigenvalue weighted by molar-refractivity contribution is 5.85. The van der Waals surface area contributed by atoms with E-state index in [1.54, 1.807) is 41.2 Å². The molecule has 1 aromatic carbocycles. The molecule has 0 fully saturated rings. The predicted molar refractivity (Wildman–Crippen MR) is 102 cm³/mol. The van der Waals surface area contributed by atoms with E-state index < -0.39 is 11.5 Å². The van der Waals surface area contributed by atoms with Crippen LogP contribution in [0.25, 0.3) is 5.69 Å². The molecule has 0 radical (unpaired) electrons. The molecule has 0 saturated heterocycles. The molecule has 27 heavy (non-hydrogen) atoms. The van der Waals surface area contributed by atoms with E-state index in [2.05, 4.69) is 15.4 Å². The van der Waals surface area contributed by atoms with Crippen molar-refractivity contribution in [3.63, 3.8) is 0 Å². The third-order valence-corrected chi connectivity index (χ3v) is 4.12. The Hall–Kier alpha value is -3.19. The maximum absolute atomic E-state index is 12.3. The average molecular weight is 366 g/mol. The number of carbonyl (C=O) groups excluding carboxylic acids is 1. The SMILES string of the molecule is Cc1ccc(-n2nc(C(C)(C)CO)cc2NC(=O)Oc2ccccc2)cn1. The summed E-state index contributed by atoms with van der Waals surface area (Å²) in [6.45, 7) is 5.56. The highest BCUT2D eigenvalue weighted by Gasteiger charge is 2.25. The van der Waals surface area contributed by atoms with Crippen molar-refractivity contribution in [2.45, 2.75) is 26.2 Å². The largest absolute Gasteiger partial charge is 0.418 e. The second kappa shape index (κ2) is 7.59. The molecule has 0 aliphatic rings. The van der Waals surface area contributed by atoms with Gasteiger partial charge in [-0.25, -0.2) is 9.48 Å². The lowest BCUT2D eigenvalue weighted by Crippen LogP contribution is -2.22. The van der Waals surface area contributed by atoms with Gasteiger partial charge < -0.3 is 9.84 Å². The normalized spacial score (nSPS) is 11.3. The van der Waals surface area contributed by atoms with E-state index in [1.807, 2.05) is 39.0 Å². The molecule has 0 bridgehead atoms. The zero-order valence-electron chi connectivity index (χ0n) is 15.5. The standard InChI is InChI=1S/C20H22N4O3/c1-14-9-10-15(12-21-14)24-18(11-17(23-24)20(2,3)13-25)22-19(26)27-16-7-5-4-6-8-16/h4-12,25H,13H2,1-3H3,(H,22,26). The van der Waals surface area contributed by atoms with Gasteiger partial charge in [-0.1, -0.05) is 32.0 Å². The number of aryl methyl sites for hydroxylation is 1. The predicted octanol–water partition coefficient (Wildman–Crippen LogP) is 3.46. The molecule has 140 valence electrons. The Bertz CT molecular complexity index is 918. The molecule has 2 N–H and O–H groups in total. The Kier molecular flexibility index (Phi) is 5.23. The van der Waals surface area contributed by atoms with Crippen molar-refractivity contribution in [2.24, 2.45) is 0 Å². The fourth-order valence-corrected chi connectivity index (χ4v) is 2.39. The van der Waals surface area contributed by atoms with E-state index in [9.17, 15) is 9.90 Å². The van der Waals surface area contributed by atoms with Crippen LogP contribution in [0.2, 0.25) is 0 Å². The van der Waals surface area contributed by atoms with Crippen molar-refractivity contribution in [1.82, 2.24) is 14.8 Å². The van der Waals surface area contributed by atoms with Gasteiger partial charge in [-0.2, -0.15) is 5.10 Å².